The van der Waals surface area contributed by atoms with Crippen LogP contribution in [0.3, 0.4) is 0 Å². The van der Waals surface area contributed by atoms with E-state index in [1.165, 1.54) is 32.4 Å². The lowest BCUT2D eigenvalue weighted by Gasteiger charge is -2.50. The largest absolute Gasteiger partial charge is 0.506 e. The Balaban J connectivity index is 1.48. The van der Waals surface area contributed by atoms with Crippen LogP contribution in [-0.2, 0) is 59.7 Å². The van der Waals surface area contributed by atoms with Crippen LogP contribution >= 0.6 is 11.6 Å². The number of methoxy groups -OCH3 is 1. The topological polar surface area (TPSA) is 153 Å². The molecule has 1 aliphatic carbocycles. The maximum absolute atomic E-state index is 12.3. The summed E-state index contributed by atoms with van der Waals surface area (Å²) in [4.78, 5) is 48.2. The molecule has 1 saturated carbocycles. The number of ether oxygens (including phenoxy) is 7. The van der Waals surface area contributed by atoms with Gasteiger partial charge in [-0.1, -0.05) is 54.8 Å². The van der Waals surface area contributed by atoms with E-state index in [1.807, 2.05) is 12.1 Å². The highest BCUT2D eigenvalue weighted by Crippen LogP contribution is 2.47. The molecule has 260 valence electrons. The normalized spacial score (nSPS) is 27.7. The molecule has 1 N–H and O–H groups in total. The van der Waals surface area contributed by atoms with E-state index >= 15 is 0 Å². The van der Waals surface area contributed by atoms with Crippen molar-refractivity contribution in [3.8, 4) is 0 Å². The standard InChI is InChI=1S/C35H41ClO12/c1-20(37)43-19-29-30(45-21(2)38)31(46-22(3)39)32(47-33(40)41)35(42-4,48-29)27-11-12-28(36)25(16-27)15-23-7-9-24(10-8-23)26-17-34(44-18-26)13-5-6-14-34/h7-12,16,26,29-32H,5-6,13-15,17-19H2,1-4H3,(H,40,41)/t26?,29-,30-,31+,32-,35?/m1/s1. The van der Waals surface area contributed by atoms with Crippen molar-refractivity contribution in [3.05, 3.63) is 69.7 Å². The number of halogens is 1. The lowest BCUT2D eigenvalue weighted by atomic mass is 9.86. The van der Waals surface area contributed by atoms with Gasteiger partial charge in [0.1, 0.15) is 12.7 Å². The third kappa shape index (κ3) is 7.78. The van der Waals surface area contributed by atoms with Gasteiger partial charge in [-0.15, -0.1) is 0 Å². The molecule has 13 heteroatoms. The monoisotopic (exact) mass is 688 g/mol. The molecule has 2 aromatic carbocycles. The van der Waals surface area contributed by atoms with Crippen LogP contribution in [0.5, 0.6) is 0 Å². The number of rotatable bonds is 10. The quantitative estimate of drug-likeness (QED) is 0.250. The first kappa shape index (κ1) is 35.6. The summed E-state index contributed by atoms with van der Waals surface area (Å²) >= 11 is 6.68. The Hall–Kier alpha value is -3.71. The zero-order chi connectivity index (χ0) is 34.6. The highest BCUT2D eigenvalue weighted by atomic mass is 35.5. The Morgan fingerprint density at radius 3 is 2.19 bits per heavy atom. The van der Waals surface area contributed by atoms with Crippen molar-refractivity contribution in [2.45, 2.75) is 101 Å². The van der Waals surface area contributed by atoms with Gasteiger partial charge in [-0.2, -0.15) is 0 Å². The van der Waals surface area contributed by atoms with Crippen molar-refractivity contribution in [3.63, 3.8) is 0 Å². The Labute approximate surface area is 283 Å². The van der Waals surface area contributed by atoms with Crippen LogP contribution in [0.4, 0.5) is 4.79 Å². The molecule has 12 nitrogen and oxygen atoms in total. The molecular weight excluding hydrogens is 648 g/mol. The van der Waals surface area contributed by atoms with E-state index in [4.69, 9.17) is 44.8 Å². The van der Waals surface area contributed by atoms with Gasteiger partial charge in [0.15, 0.2) is 12.2 Å². The van der Waals surface area contributed by atoms with Gasteiger partial charge in [-0.3, -0.25) is 14.4 Å². The van der Waals surface area contributed by atoms with Gasteiger partial charge in [-0.25, -0.2) is 4.79 Å². The minimum Gasteiger partial charge on any atom is -0.463 e. The van der Waals surface area contributed by atoms with E-state index in [9.17, 15) is 24.3 Å². The molecule has 48 heavy (non-hydrogen) atoms. The Morgan fingerprint density at radius 1 is 0.917 bits per heavy atom. The first-order valence-electron chi connectivity index (χ1n) is 16.0. The van der Waals surface area contributed by atoms with Crippen molar-refractivity contribution < 1.29 is 57.4 Å². The molecule has 0 bridgehead atoms. The second kappa shape index (κ2) is 14.8. The fourth-order valence-electron chi connectivity index (χ4n) is 7.19. The molecule has 0 aromatic heterocycles. The number of carbonyl (C=O) groups excluding carboxylic acids is 3. The summed E-state index contributed by atoms with van der Waals surface area (Å²) in [6, 6.07) is 13.2. The molecule has 2 unspecified atom stereocenters. The maximum Gasteiger partial charge on any atom is 0.506 e. The Bertz CT molecular complexity index is 1500. The van der Waals surface area contributed by atoms with Crippen LogP contribution in [0, 0.1) is 0 Å². The first-order chi connectivity index (χ1) is 22.8. The van der Waals surface area contributed by atoms with Gasteiger partial charge in [0, 0.05) is 44.4 Å². The average Bonchev–Trinajstić information content (AvgIpc) is 3.68. The van der Waals surface area contributed by atoms with Crippen molar-refractivity contribution in [1.29, 1.82) is 0 Å². The van der Waals surface area contributed by atoms with Gasteiger partial charge in [-0.05, 0) is 54.5 Å². The van der Waals surface area contributed by atoms with Crippen LogP contribution in [0.1, 0.15) is 81.0 Å². The predicted molar refractivity (Wildman–Crippen MR) is 169 cm³/mol. The van der Waals surface area contributed by atoms with Gasteiger partial charge >= 0.3 is 24.1 Å². The van der Waals surface area contributed by atoms with Crippen LogP contribution in [0.15, 0.2) is 42.5 Å². The fourth-order valence-corrected chi connectivity index (χ4v) is 7.38. The van der Waals surface area contributed by atoms with Gasteiger partial charge < -0.3 is 38.3 Å². The number of carbonyl (C=O) groups is 4. The van der Waals surface area contributed by atoms with E-state index in [-0.39, 0.29) is 11.2 Å². The van der Waals surface area contributed by atoms with Gasteiger partial charge in [0.05, 0.1) is 12.2 Å². The molecule has 2 aromatic rings. The number of hydrogen-bond acceptors (Lipinski definition) is 11. The third-order valence-electron chi connectivity index (χ3n) is 9.29. The summed E-state index contributed by atoms with van der Waals surface area (Å²) in [5.74, 6) is -3.99. The van der Waals surface area contributed by atoms with Crippen molar-refractivity contribution in [2.75, 3.05) is 20.3 Å². The fraction of sp³-hybridized carbons (Fsp3) is 0.543. The summed E-state index contributed by atoms with van der Waals surface area (Å²) in [6.07, 6.45) is -1.59. The molecule has 0 amide bonds. The number of carboxylic acid groups (broad SMARTS) is 1. The first-order valence-corrected chi connectivity index (χ1v) is 16.3. The molecule has 5 rings (SSSR count). The van der Waals surface area contributed by atoms with E-state index in [0.29, 0.717) is 22.9 Å². The van der Waals surface area contributed by atoms with E-state index in [1.54, 1.807) is 18.2 Å². The summed E-state index contributed by atoms with van der Waals surface area (Å²) in [5.41, 5.74) is 3.16. The minimum atomic E-state index is -2.07. The van der Waals surface area contributed by atoms with Crippen LogP contribution in [0.25, 0.3) is 0 Å². The number of esters is 3. The molecule has 2 saturated heterocycles. The zero-order valence-corrected chi connectivity index (χ0v) is 28.2. The van der Waals surface area contributed by atoms with Crippen LogP contribution < -0.4 is 0 Å². The predicted octanol–water partition coefficient (Wildman–Crippen LogP) is 5.44. The van der Waals surface area contributed by atoms with E-state index in [0.717, 1.165) is 45.3 Å². The summed E-state index contributed by atoms with van der Waals surface area (Å²) < 4.78 is 39.9. The Kier molecular flexibility index (Phi) is 11.0. The molecule has 2 aliphatic heterocycles. The SMILES string of the molecule is COC1(c2ccc(Cl)c(Cc3ccc(C4COC5(CCCC5)C4)cc3)c2)O[C@H](COC(C)=O)[C@@H](OC(C)=O)[C@H](OC(C)=O)[C@H]1OC(=O)O. The molecule has 3 fully saturated rings. The zero-order valence-electron chi connectivity index (χ0n) is 27.4. The number of benzene rings is 2. The smallest absolute Gasteiger partial charge is 0.463 e. The van der Waals surface area contributed by atoms with E-state index < -0.39 is 60.9 Å². The summed E-state index contributed by atoms with van der Waals surface area (Å²) in [6.45, 7) is 3.67. The highest BCUT2D eigenvalue weighted by molar-refractivity contribution is 6.31. The average molecular weight is 689 g/mol. The lowest BCUT2D eigenvalue weighted by molar-refractivity contribution is -0.367. The molecular formula is C35H41ClO12. The van der Waals surface area contributed by atoms with Gasteiger partial charge in [0.25, 0.3) is 0 Å². The second-order valence-electron chi connectivity index (χ2n) is 12.6. The third-order valence-corrected chi connectivity index (χ3v) is 9.66. The molecule has 1 spiro atoms. The van der Waals surface area contributed by atoms with Crippen molar-refractivity contribution in [2.24, 2.45) is 0 Å². The lowest BCUT2D eigenvalue weighted by Crippen LogP contribution is -2.67. The van der Waals surface area contributed by atoms with Crippen molar-refractivity contribution >= 4 is 35.7 Å². The summed E-state index contributed by atoms with van der Waals surface area (Å²) in [5, 5.41) is 10.2. The van der Waals surface area contributed by atoms with E-state index in [2.05, 4.69) is 12.1 Å². The maximum atomic E-state index is 12.3. The Morgan fingerprint density at radius 2 is 1.58 bits per heavy atom. The minimum absolute atomic E-state index is 0.0297. The number of hydrogen-bond donors (Lipinski definition) is 1. The van der Waals surface area contributed by atoms with Crippen LogP contribution in [0.2, 0.25) is 5.02 Å². The second-order valence-corrected chi connectivity index (χ2v) is 13.0. The van der Waals surface area contributed by atoms with Crippen molar-refractivity contribution in [1.82, 2.24) is 0 Å². The molecule has 2 heterocycles. The highest BCUT2D eigenvalue weighted by Gasteiger charge is 2.62. The van der Waals surface area contributed by atoms with Crippen LogP contribution in [-0.4, -0.2) is 79.5 Å². The molecule has 6 atom stereocenters. The molecule has 3 aliphatic rings. The summed E-state index contributed by atoms with van der Waals surface area (Å²) in [7, 11) is 1.26. The molecule has 0 radical (unpaired) electrons. The van der Waals surface area contributed by atoms with Gasteiger partial charge in [0.2, 0.25) is 11.9 Å².